The van der Waals surface area contributed by atoms with Gasteiger partial charge >= 0.3 is 5.97 Å². The third kappa shape index (κ3) is 3.39. The van der Waals surface area contributed by atoms with Crippen molar-refractivity contribution < 1.29 is 23.8 Å². The van der Waals surface area contributed by atoms with Gasteiger partial charge in [0.05, 0.1) is 0 Å². The first kappa shape index (κ1) is 14.6. The highest BCUT2D eigenvalue weighted by atomic mass is 16.5. The zero-order chi connectivity index (χ0) is 14.5. The van der Waals surface area contributed by atoms with Crippen molar-refractivity contribution in [1.29, 1.82) is 0 Å². The summed E-state index contributed by atoms with van der Waals surface area (Å²) < 4.78 is 10.7. The fraction of sp³-hybridized carbons (Fsp3) is 0.571. The van der Waals surface area contributed by atoms with E-state index < -0.39 is 5.97 Å². The maximum absolute atomic E-state index is 12.1. The Kier molecular flexibility index (Phi) is 4.79. The monoisotopic (exact) mass is 281 g/mol. The number of ether oxygens (including phenoxy) is 1. The summed E-state index contributed by atoms with van der Waals surface area (Å²) in [6.45, 7) is 3.13. The second-order valence-corrected chi connectivity index (χ2v) is 4.82. The molecule has 2 heterocycles. The van der Waals surface area contributed by atoms with Gasteiger partial charge in [0.25, 0.3) is 5.91 Å². The van der Waals surface area contributed by atoms with E-state index >= 15 is 0 Å². The number of aryl methyl sites for hydroxylation is 1. The van der Waals surface area contributed by atoms with E-state index in [9.17, 15) is 9.59 Å². The Labute approximate surface area is 117 Å². The van der Waals surface area contributed by atoms with Crippen LogP contribution in [0.3, 0.4) is 0 Å². The van der Waals surface area contributed by atoms with Crippen LogP contribution in [0.1, 0.15) is 52.9 Å². The lowest BCUT2D eigenvalue weighted by Crippen LogP contribution is -2.34. The number of carbonyl (C=O) groups is 2. The predicted octanol–water partition coefficient (Wildman–Crippen LogP) is 1.84. The second-order valence-electron chi connectivity index (χ2n) is 4.82. The van der Waals surface area contributed by atoms with Crippen LogP contribution in [0.5, 0.6) is 0 Å². The van der Waals surface area contributed by atoms with Crippen molar-refractivity contribution >= 4 is 11.9 Å². The zero-order valence-corrected chi connectivity index (χ0v) is 11.5. The molecule has 2 rings (SSSR count). The van der Waals surface area contributed by atoms with E-state index in [-0.39, 0.29) is 23.3 Å². The number of nitrogens with one attached hydrogen (secondary N) is 1. The SMILES string of the molecule is CCc1oc(C(=O)NC2CCCOCC2)cc1C(=O)O. The molecule has 0 saturated carbocycles. The molecule has 6 nitrogen and oxygen atoms in total. The summed E-state index contributed by atoms with van der Waals surface area (Å²) >= 11 is 0. The lowest BCUT2D eigenvalue weighted by molar-refractivity contribution is 0.0694. The van der Waals surface area contributed by atoms with Crippen molar-refractivity contribution in [3.63, 3.8) is 0 Å². The molecule has 0 bridgehead atoms. The van der Waals surface area contributed by atoms with Gasteiger partial charge < -0.3 is 19.6 Å². The quantitative estimate of drug-likeness (QED) is 0.879. The Bertz CT molecular complexity index is 486. The minimum absolute atomic E-state index is 0.0495. The average Bonchev–Trinajstić information content (AvgIpc) is 2.71. The van der Waals surface area contributed by atoms with Crippen LogP contribution in [0, 0.1) is 0 Å². The number of hydrogen-bond acceptors (Lipinski definition) is 4. The van der Waals surface area contributed by atoms with Gasteiger partial charge in [-0.15, -0.1) is 0 Å². The van der Waals surface area contributed by atoms with Crippen molar-refractivity contribution in [1.82, 2.24) is 5.32 Å². The molecule has 1 aliphatic heterocycles. The van der Waals surface area contributed by atoms with Gasteiger partial charge in [-0.1, -0.05) is 6.92 Å². The molecule has 1 aromatic rings. The molecule has 1 atom stereocenters. The van der Waals surface area contributed by atoms with E-state index in [1.807, 2.05) is 0 Å². The van der Waals surface area contributed by atoms with E-state index in [1.165, 1.54) is 6.07 Å². The molecular formula is C14H19NO5. The molecule has 6 heteroatoms. The second kappa shape index (κ2) is 6.56. The van der Waals surface area contributed by atoms with Crippen LogP contribution in [0.4, 0.5) is 0 Å². The third-order valence-corrected chi connectivity index (χ3v) is 3.37. The first-order valence-corrected chi connectivity index (χ1v) is 6.86. The van der Waals surface area contributed by atoms with Crippen LogP contribution in [-0.2, 0) is 11.2 Å². The first-order valence-electron chi connectivity index (χ1n) is 6.86. The Hall–Kier alpha value is -1.82. The summed E-state index contributed by atoms with van der Waals surface area (Å²) in [6.07, 6.45) is 2.97. The van der Waals surface area contributed by atoms with Crippen LogP contribution in [0.2, 0.25) is 0 Å². The van der Waals surface area contributed by atoms with Crippen LogP contribution < -0.4 is 5.32 Å². The normalized spacial score (nSPS) is 19.4. The Morgan fingerprint density at radius 3 is 2.85 bits per heavy atom. The van der Waals surface area contributed by atoms with Crippen molar-refractivity contribution in [2.75, 3.05) is 13.2 Å². The van der Waals surface area contributed by atoms with Gasteiger partial charge in [0, 0.05) is 31.7 Å². The minimum atomic E-state index is -1.08. The Balaban J connectivity index is 2.06. The van der Waals surface area contributed by atoms with Crippen molar-refractivity contribution in [3.8, 4) is 0 Å². The number of hydrogen-bond donors (Lipinski definition) is 2. The zero-order valence-electron chi connectivity index (χ0n) is 11.5. The average molecular weight is 281 g/mol. The lowest BCUT2D eigenvalue weighted by Gasteiger charge is -2.14. The summed E-state index contributed by atoms with van der Waals surface area (Å²) in [5.74, 6) is -1.05. The third-order valence-electron chi connectivity index (χ3n) is 3.37. The number of rotatable bonds is 4. The van der Waals surface area contributed by atoms with E-state index in [0.29, 0.717) is 18.8 Å². The molecule has 110 valence electrons. The number of carbonyl (C=O) groups excluding carboxylic acids is 1. The molecule has 20 heavy (non-hydrogen) atoms. The lowest BCUT2D eigenvalue weighted by atomic mass is 10.1. The first-order chi connectivity index (χ1) is 9.61. The van der Waals surface area contributed by atoms with Crippen LogP contribution in [0.15, 0.2) is 10.5 Å². The van der Waals surface area contributed by atoms with Gasteiger partial charge in [-0.3, -0.25) is 4.79 Å². The van der Waals surface area contributed by atoms with Crippen molar-refractivity contribution in [2.24, 2.45) is 0 Å². The van der Waals surface area contributed by atoms with E-state index in [2.05, 4.69) is 5.32 Å². The van der Waals surface area contributed by atoms with E-state index in [1.54, 1.807) is 6.92 Å². The van der Waals surface area contributed by atoms with Crippen LogP contribution >= 0.6 is 0 Å². The number of carboxylic acid groups (broad SMARTS) is 1. The minimum Gasteiger partial charge on any atom is -0.478 e. The predicted molar refractivity (Wildman–Crippen MR) is 71.0 cm³/mol. The molecule has 1 aliphatic rings. The smallest absolute Gasteiger partial charge is 0.339 e. The summed E-state index contributed by atoms with van der Waals surface area (Å²) in [5.41, 5.74) is 0.0573. The summed E-state index contributed by atoms with van der Waals surface area (Å²) in [6, 6.07) is 1.34. The maximum Gasteiger partial charge on any atom is 0.339 e. The van der Waals surface area contributed by atoms with Gasteiger partial charge in [0.1, 0.15) is 11.3 Å². The molecular weight excluding hydrogens is 262 g/mol. The van der Waals surface area contributed by atoms with Gasteiger partial charge in [-0.2, -0.15) is 0 Å². The number of amides is 1. The molecule has 1 unspecified atom stereocenters. The standard InChI is InChI=1S/C14H19NO5/c1-2-11-10(14(17)18)8-12(20-11)13(16)15-9-4-3-6-19-7-5-9/h8-9H,2-7H2,1H3,(H,15,16)(H,17,18). The van der Waals surface area contributed by atoms with Gasteiger partial charge in [-0.05, 0) is 19.3 Å². The molecule has 0 aromatic carbocycles. The highest BCUT2D eigenvalue weighted by Gasteiger charge is 2.22. The molecule has 0 aliphatic carbocycles. The van der Waals surface area contributed by atoms with E-state index in [4.69, 9.17) is 14.3 Å². The fourth-order valence-electron chi connectivity index (χ4n) is 2.29. The fourth-order valence-corrected chi connectivity index (χ4v) is 2.29. The topological polar surface area (TPSA) is 88.8 Å². The molecule has 1 saturated heterocycles. The van der Waals surface area contributed by atoms with Crippen LogP contribution in [0.25, 0.3) is 0 Å². The Morgan fingerprint density at radius 2 is 2.20 bits per heavy atom. The molecule has 2 N–H and O–H groups in total. The highest BCUT2D eigenvalue weighted by Crippen LogP contribution is 2.17. The van der Waals surface area contributed by atoms with Crippen LogP contribution in [-0.4, -0.2) is 36.2 Å². The van der Waals surface area contributed by atoms with Gasteiger partial charge in [0.2, 0.25) is 0 Å². The van der Waals surface area contributed by atoms with Gasteiger partial charge in [0.15, 0.2) is 5.76 Å². The van der Waals surface area contributed by atoms with Gasteiger partial charge in [-0.25, -0.2) is 4.79 Å². The highest BCUT2D eigenvalue weighted by molar-refractivity contribution is 5.96. The summed E-state index contributed by atoms with van der Waals surface area (Å²) in [4.78, 5) is 23.1. The van der Waals surface area contributed by atoms with Crippen molar-refractivity contribution in [3.05, 3.63) is 23.2 Å². The molecule has 0 spiro atoms. The molecule has 0 radical (unpaired) electrons. The largest absolute Gasteiger partial charge is 0.478 e. The number of carboxylic acids is 1. The summed E-state index contributed by atoms with van der Waals surface area (Å²) in [5, 5.41) is 11.9. The number of aromatic carboxylic acids is 1. The molecule has 1 fully saturated rings. The summed E-state index contributed by atoms with van der Waals surface area (Å²) in [7, 11) is 0. The van der Waals surface area contributed by atoms with E-state index in [0.717, 1.165) is 25.9 Å². The van der Waals surface area contributed by atoms with Crippen molar-refractivity contribution in [2.45, 2.75) is 38.6 Å². The maximum atomic E-state index is 12.1. The number of furan rings is 1. The molecule has 1 aromatic heterocycles. The Morgan fingerprint density at radius 1 is 1.40 bits per heavy atom. The molecule has 1 amide bonds.